The fourth-order valence-electron chi connectivity index (χ4n) is 4.28. The molecule has 9 heteroatoms. The molecule has 174 valence electrons. The summed E-state index contributed by atoms with van der Waals surface area (Å²) in [5.41, 5.74) is 12.0. The Morgan fingerprint density at radius 3 is 2.63 bits per heavy atom. The van der Waals surface area contributed by atoms with Gasteiger partial charge in [-0.25, -0.2) is 19.0 Å². The largest absolute Gasteiger partial charge is 0.384 e. The van der Waals surface area contributed by atoms with Crippen LogP contribution in [0.3, 0.4) is 0 Å². The molecular formula is C26H23FN8. The first-order valence-electron chi connectivity index (χ1n) is 11.4. The Hall–Kier alpha value is -4.40. The molecule has 0 unspecified atom stereocenters. The number of aromatic nitrogens is 7. The van der Waals surface area contributed by atoms with Gasteiger partial charge in [-0.05, 0) is 66.8 Å². The zero-order chi connectivity index (χ0) is 24.1. The van der Waals surface area contributed by atoms with Crippen molar-refractivity contribution in [3.8, 4) is 39.6 Å². The van der Waals surface area contributed by atoms with Crippen LogP contribution in [0.1, 0.15) is 30.0 Å². The molecule has 35 heavy (non-hydrogen) atoms. The fraction of sp³-hybridized carbons (Fsp3) is 0.192. The lowest BCUT2D eigenvalue weighted by Crippen LogP contribution is -2.02. The first-order chi connectivity index (χ1) is 17.0. The van der Waals surface area contributed by atoms with Crippen molar-refractivity contribution in [2.24, 2.45) is 7.05 Å². The topological polar surface area (TPSA) is 100 Å². The second kappa shape index (κ2) is 8.12. The van der Waals surface area contributed by atoms with Gasteiger partial charge >= 0.3 is 0 Å². The van der Waals surface area contributed by atoms with Gasteiger partial charge in [0.05, 0.1) is 11.9 Å². The number of aryl methyl sites for hydroxylation is 2. The number of nitrogens with zero attached hydrogens (tertiary/aromatic N) is 7. The summed E-state index contributed by atoms with van der Waals surface area (Å²) in [6, 6.07) is 12.5. The van der Waals surface area contributed by atoms with Crippen LogP contribution in [0.2, 0.25) is 0 Å². The molecule has 4 heterocycles. The van der Waals surface area contributed by atoms with E-state index in [1.807, 2.05) is 32.3 Å². The van der Waals surface area contributed by atoms with E-state index in [1.165, 1.54) is 12.1 Å². The van der Waals surface area contributed by atoms with Gasteiger partial charge in [0.2, 0.25) is 0 Å². The lowest BCUT2D eigenvalue weighted by Gasteiger charge is -2.13. The van der Waals surface area contributed by atoms with Crippen molar-refractivity contribution in [1.29, 1.82) is 0 Å². The van der Waals surface area contributed by atoms with Gasteiger partial charge in [-0.15, -0.1) is 10.2 Å². The Kier molecular flexibility index (Phi) is 4.91. The molecule has 0 radical (unpaired) electrons. The highest BCUT2D eigenvalue weighted by Crippen LogP contribution is 2.42. The van der Waals surface area contributed by atoms with E-state index >= 15 is 0 Å². The zero-order valence-electron chi connectivity index (χ0n) is 19.4. The van der Waals surface area contributed by atoms with E-state index in [1.54, 1.807) is 33.9 Å². The molecule has 1 aromatic carbocycles. The Morgan fingerprint density at radius 2 is 1.86 bits per heavy atom. The minimum Gasteiger partial charge on any atom is -0.384 e. The van der Waals surface area contributed by atoms with Crippen LogP contribution in [0.15, 0.2) is 61.2 Å². The molecule has 1 aliphatic carbocycles. The van der Waals surface area contributed by atoms with Gasteiger partial charge in [0.15, 0.2) is 11.6 Å². The number of nitrogens with two attached hydrogens (primary N) is 1. The van der Waals surface area contributed by atoms with E-state index in [0.717, 1.165) is 46.5 Å². The molecule has 8 nitrogen and oxygen atoms in total. The summed E-state index contributed by atoms with van der Waals surface area (Å²) in [7, 11) is 1.84. The normalized spacial score (nSPS) is 13.3. The molecule has 0 saturated heterocycles. The smallest absolute Gasteiger partial charge is 0.164 e. The van der Waals surface area contributed by atoms with Gasteiger partial charge < -0.3 is 10.3 Å². The zero-order valence-corrected chi connectivity index (χ0v) is 19.4. The third kappa shape index (κ3) is 3.95. The van der Waals surface area contributed by atoms with Crippen molar-refractivity contribution in [3.05, 3.63) is 78.3 Å². The van der Waals surface area contributed by atoms with E-state index in [9.17, 15) is 4.39 Å². The minimum atomic E-state index is -0.329. The molecule has 0 spiro atoms. The van der Waals surface area contributed by atoms with E-state index < -0.39 is 0 Å². The average Bonchev–Trinajstić information content (AvgIpc) is 3.43. The number of hydrogen-bond acceptors (Lipinski definition) is 6. The van der Waals surface area contributed by atoms with Gasteiger partial charge in [0, 0.05) is 36.0 Å². The van der Waals surface area contributed by atoms with Gasteiger partial charge in [-0.3, -0.25) is 0 Å². The summed E-state index contributed by atoms with van der Waals surface area (Å²) in [5.74, 6) is 1.83. The molecule has 2 N–H and O–H groups in total. The molecule has 4 aromatic heterocycles. The Bertz CT molecular complexity index is 1560. The van der Waals surface area contributed by atoms with Crippen LogP contribution in [0.5, 0.6) is 0 Å². The molecule has 0 aliphatic heterocycles. The SMILES string of the molecule is Cc1ccc(N)nc1-c1cnn(-c2cc(-c3ccc(F)cc3-c3nncn3C)cc(C3CC3)n2)c1. The highest BCUT2D eigenvalue weighted by molar-refractivity contribution is 5.81. The maximum Gasteiger partial charge on any atom is 0.164 e. The third-order valence-electron chi connectivity index (χ3n) is 6.28. The maximum atomic E-state index is 14.3. The maximum absolute atomic E-state index is 14.3. The predicted molar refractivity (Wildman–Crippen MR) is 131 cm³/mol. The Balaban J connectivity index is 1.49. The van der Waals surface area contributed by atoms with Gasteiger partial charge in [0.1, 0.15) is 18.0 Å². The number of benzene rings is 1. The molecular weight excluding hydrogens is 443 g/mol. The first kappa shape index (κ1) is 21.2. The Morgan fingerprint density at radius 1 is 1.00 bits per heavy atom. The number of anilines is 1. The van der Waals surface area contributed by atoms with Crippen LogP contribution in [-0.2, 0) is 7.05 Å². The van der Waals surface area contributed by atoms with Crippen LogP contribution >= 0.6 is 0 Å². The van der Waals surface area contributed by atoms with E-state index in [0.29, 0.717) is 28.9 Å². The molecule has 5 aromatic rings. The lowest BCUT2D eigenvalue weighted by molar-refractivity contribution is 0.628. The molecule has 0 atom stereocenters. The van der Waals surface area contributed by atoms with Gasteiger partial charge in [0.25, 0.3) is 0 Å². The summed E-state index contributed by atoms with van der Waals surface area (Å²) in [4.78, 5) is 9.39. The van der Waals surface area contributed by atoms with Gasteiger partial charge in [-0.2, -0.15) is 5.10 Å². The highest BCUT2D eigenvalue weighted by Gasteiger charge is 2.27. The number of hydrogen-bond donors (Lipinski definition) is 1. The predicted octanol–water partition coefficient (Wildman–Crippen LogP) is 4.70. The van der Waals surface area contributed by atoms with Crippen LogP contribution in [0, 0.1) is 12.7 Å². The first-order valence-corrected chi connectivity index (χ1v) is 11.4. The number of nitrogen functional groups attached to an aromatic ring is 1. The van der Waals surface area contributed by atoms with E-state index in [2.05, 4.69) is 26.3 Å². The summed E-state index contributed by atoms with van der Waals surface area (Å²) < 4.78 is 17.8. The average molecular weight is 467 g/mol. The lowest BCUT2D eigenvalue weighted by atomic mass is 9.98. The second-order valence-corrected chi connectivity index (χ2v) is 8.94. The van der Waals surface area contributed by atoms with E-state index in [4.69, 9.17) is 10.7 Å². The molecule has 0 bridgehead atoms. The summed E-state index contributed by atoms with van der Waals surface area (Å²) >= 11 is 0. The molecule has 1 fully saturated rings. The van der Waals surface area contributed by atoms with Crippen LogP contribution in [0.4, 0.5) is 10.2 Å². The van der Waals surface area contributed by atoms with Crippen molar-refractivity contribution in [2.45, 2.75) is 25.7 Å². The van der Waals surface area contributed by atoms with Crippen molar-refractivity contribution >= 4 is 5.82 Å². The standard InChI is InChI=1S/C26H23FN8/c1-15-3-8-23(28)32-25(15)18-12-30-35(13-18)24-10-17(9-22(31-24)16-4-5-16)20-7-6-19(27)11-21(20)26-33-29-14-34(26)2/h3,6-14,16H,4-5H2,1-2H3,(H2,28,32). The second-order valence-electron chi connectivity index (χ2n) is 8.94. The van der Waals surface area contributed by atoms with Gasteiger partial charge in [-0.1, -0.05) is 12.1 Å². The minimum absolute atomic E-state index is 0.329. The number of halogens is 1. The van der Waals surface area contributed by atoms with E-state index in [-0.39, 0.29) is 5.82 Å². The van der Waals surface area contributed by atoms with Crippen molar-refractivity contribution in [1.82, 2.24) is 34.5 Å². The van der Waals surface area contributed by atoms with Crippen LogP contribution in [0.25, 0.3) is 39.6 Å². The van der Waals surface area contributed by atoms with Crippen LogP contribution in [-0.4, -0.2) is 34.5 Å². The summed E-state index contributed by atoms with van der Waals surface area (Å²) in [6.07, 6.45) is 7.49. The monoisotopic (exact) mass is 466 g/mol. The van der Waals surface area contributed by atoms with Crippen molar-refractivity contribution in [3.63, 3.8) is 0 Å². The third-order valence-corrected chi connectivity index (χ3v) is 6.28. The number of pyridine rings is 2. The number of rotatable bonds is 5. The van der Waals surface area contributed by atoms with Crippen molar-refractivity contribution in [2.75, 3.05) is 5.73 Å². The summed E-state index contributed by atoms with van der Waals surface area (Å²) in [5, 5.41) is 12.8. The molecule has 1 aliphatic rings. The Labute approximate surface area is 201 Å². The highest BCUT2D eigenvalue weighted by atomic mass is 19.1. The molecule has 1 saturated carbocycles. The van der Waals surface area contributed by atoms with Crippen LogP contribution < -0.4 is 5.73 Å². The quantitative estimate of drug-likeness (QED) is 0.403. The summed E-state index contributed by atoms with van der Waals surface area (Å²) in [6.45, 7) is 1.99. The molecule has 0 amide bonds. The van der Waals surface area contributed by atoms with Crippen molar-refractivity contribution < 1.29 is 4.39 Å². The molecule has 6 rings (SSSR count). The fourth-order valence-corrected chi connectivity index (χ4v) is 4.28.